The minimum absolute atomic E-state index is 0.0727. The third-order valence-electron chi connectivity index (χ3n) is 3.48. The molecule has 5 heteroatoms. The van der Waals surface area contributed by atoms with Crippen LogP contribution in [-0.4, -0.2) is 21.1 Å². The Labute approximate surface area is 113 Å². The van der Waals surface area contributed by atoms with E-state index in [9.17, 15) is 24.5 Å². The summed E-state index contributed by atoms with van der Waals surface area (Å²) in [4.78, 5) is 12.4. The summed E-state index contributed by atoms with van der Waals surface area (Å²) >= 11 is 0. The third-order valence-corrected chi connectivity index (χ3v) is 3.48. The Bertz CT molecular complexity index is 765. The number of hydrogen-bond acceptors (Lipinski definition) is 4. The summed E-state index contributed by atoms with van der Waals surface area (Å²) in [6.07, 6.45) is 0.229. The van der Waals surface area contributed by atoms with Gasteiger partial charge in [-0.05, 0) is 42.2 Å². The maximum Gasteiger partial charge on any atom is 0.207 e. The van der Waals surface area contributed by atoms with Crippen molar-refractivity contribution >= 4 is 5.78 Å². The molecule has 2 aromatic carbocycles. The van der Waals surface area contributed by atoms with Crippen molar-refractivity contribution in [2.75, 3.05) is 0 Å². The van der Waals surface area contributed by atoms with Crippen molar-refractivity contribution in [1.82, 2.24) is 0 Å². The lowest BCUT2D eigenvalue weighted by molar-refractivity contribution is 0.102. The first-order valence-corrected chi connectivity index (χ1v) is 6.00. The molecular formula is C15H11FO4. The van der Waals surface area contributed by atoms with Crippen molar-refractivity contribution in [1.29, 1.82) is 0 Å². The van der Waals surface area contributed by atoms with Crippen LogP contribution in [-0.2, 0) is 6.42 Å². The summed E-state index contributed by atoms with van der Waals surface area (Å²) in [7, 11) is 0. The molecule has 0 radical (unpaired) electrons. The normalized spacial score (nSPS) is 13.0. The van der Waals surface area contributed by atoms with Gasteiger partial charge in [-0.2, -0.15) is 4.39 Å². The Kier molecular flexibility index (Phi) is 2.47. The fraction of sp³-hybridized carbons (Fsp3) is 0.133. The van der Waals surface area contributed by atoms with Gasteiger partial charge in [0, 0.05) is 0 Å². The molecule has 0 aliphatic heterocycles. The first-order valence-electron chi connectivity index (χ1n) is 6.00. The van der Waals surface area contributed by atoms with E-state index in [1.807, 2.05) is 0 Å². The molecule has 0 saturated heterocycles. The van der Waals surface area contributed by atoms with Gasteiger partial charge in [-0.25, -0.2) is 0 Å². The predicted octanol–water partition coefficient (Wildman–Crippen LogP) is 2.39. The Hall–Kier alpha value is -2.56. The van der Waals surface area contributed by atoms with Crippen LogP contribution in [0.4, 0.5) is 4.39 Å². The van der Waals surface area contributed by atoms with Crippen molar-refractivity contribution in [2.24, 2.45) is 0 Å². The smallest absolute Gasteiger partial charge is 0.207 e. The molecule has 4 nitrogen and oxygen atoms in total. The zero-order valence-corrected chi connectivity index (χ0v) is 10.6. The predicted molar refractivity (Wildman–Crippen MR) is 68.8 cm³/mol. The minimum Gasteiger partial charge on any atom is -0.507 e. The molecule has 0 bridgehead atoms. The second kappa shape index (κ2) is 3.96. The van der Waals surface area contributed by atoms with Crippen molar-refractivity contribution < 1.29 is 24.5 Å². The highest BCUT2D eigenvalue weighted by Crippen LogP contribution is 2.40. The number of hydrogen-bond donors (Lipinski definition) is 3. The van der Waals surface area contributed by atoms with E-state index >= 15 is 0 Å². The lowest BCUT2D eigenvalue weighted by Gasteiger charge is -2.21. The van der Waals surface area contributed by atoms with E-state index in [0.29, 0.717) is 11.1 Å². The third kappa shape index (κ3) is 1.56. The first-order chi connectivity index (χ1) is 9.40. The van der Waals surface area contributed by atoms with Crippen molar-refractivity contribution in [2.45, 2.75) is 13.3 Å². The van der Waals surface area contributed by atoms with Gasteiger partial charge in [-0.3, -0.25) is 4.79 Å². The topological polar surface area (TPSA) is 77.8 Å². The molecule has 0 fully saturated rings. The van der Waals surface area contributed by atoms with E-state index in [2.05, 4.69) is 0 Å². The van der Waals surface area contributed by atoms with Gasteiger partial charge in [0.2, 0.25) is 11.6 Å². The molecule has 0 aromatic heterocycles. The van der Waals surface area contributed by atoms with E-state index in [1.165, 1.54) is 6.07 Å². The summed E-state index contributed by atoms with van der Waals surface area (Å²) in [6, 6.07) is 4.31. The molecule has 0 spiro atoms. The van der Waals surface area contributed by atoms with Crippen LogP contribution in [0.2, 0.25) is 0 Å². The molecule has 1 aliphatic rings. The van der Waals surface area contributed by atoms with Crippen molar-refractivity contribution in [3.63, 3.8) is 0 Å². The van der Waals surface area contributed by atoms with Crippen LogP contribution < -0.4 is 0 Å². The number of fused-ring (bicyclic) bond motifs is 2. The van der Waals surface area contributed by atoms with E-state index in [1.54, 1.807) is 13.0 Å². The molecule has 0 heterocycles. The zero-order valence-electron chi connectivity index (χ0n) is 10.6. The average Bonchev–Trinajstić information content (AvgIpc) is 2.34. The van der Waals surface area contributed by atoms with Crippen LogP contribution in [0.25, 0.3) is 0 Å². The van der Waals surface area contributed by atoms with E-state index in [-0.39, 0.29) is 23.3 Å². The monoisotopic (exact) mass is 274 g/mol. The number of rotatable bonds is 0. The Morgan fingerprint density at radius 3 is 2.35 bits per heavy atom. The summed E-state index contributed by atoms with van der Waals surface area (Å²) in [5, 5.41) is 29.0. The number of phenols is 3. The largest absolute Gasteiger partial charge is 0.507 e. The molecule has 0 atom stereocenters. The Morgan fingerprint density at radius 2 is 1.65 bits per heavy atom. The number of aryl methyl sites for hydroxylation is 1. The highest BCUT2D eigenvalue weighted by molar-refractivity contribution is 6.15. The highest BCUT2D eigenvalue weighted by Gasteiger charge is 2.31. The van der Waals surface area contributed by atoms with Crippen LogP contribution in [0.5, 0.6) is 17.2 Å². The zero-order chi connectivity index (χ0) is 14.6. The summed E-state index contributed by atoms with van der Waals surface area (Å²) < 4.78 is 13.5. The number of phenolic OH excluding ortho intramolecular Hbond substituents is 3. The van der Waals surface area contributed by atoms with Gasteiger partial charge >= 0.3 is 0 Å². The number of carbonyl (C=O) groups excluding carboxylic acids is 1. The summed E-state index contributed by atoms with van der Waals surface area (Å²) in [6.45, 7) is 1.78. The van der Waals surface area contributed by atoms with Gasteiger partial charge in [-0.1, -0.05) is 6.07 Å². The number of ketones is 1. The van der Waals surface area contributed by atoms with E-state index in [4.69, 9.17) is 0 Å². The standard InChI is InChI=1S/C15H11FO4/c1-6-2-7-4-8-5-10(18)13(16)15(20)12(8)14(19)11(7)9(17)3-6/h2-3,5,17-18,20H,4H2,1H3. The lowest BCUT2D eigenvalue weighted by Crippen LogP contribution is -2.16. The molecule has 3 N–H and O–H groups in total. The average molecular weight is 274 g/mol. The second-order valence-corrected chi connectivity index (χ2v) is 4.92. The van der Waals surface area contributed by atoms with E-state index < -0.39 is 23.1 Å². The Morgan fingerprint density at radius 1 is 1.00 bits per heavy atom. The molecule has 2 aromatic rings. The van der Waals surface area contributed by atoms with Gasteiger partial charge in [0.05, 0.1) is 11.1 Å². The SMILES string of the molecule is Cc1cc(O)c2c(c1)Cc1cc(O)c(F)c(O)c1C2=O. The highest BCUT2D eigenvalue weighted by atomic mass is 19.1. The Balaban J connectivity index is 2.31. The van der Waals surface area contributed by atoms with Gasteiger partial charge in [0.15, 0.2) is 11.5 Å². The molecule has 20 heavy (non-hydrogen) atoms. The second-order valence-electron chi connectivity index (χ2n) is 4.92. The van der Waals surface area contributed by atoms with E-state index in [0.717, 1.165) is 11.6 Å². The number of halogens is 1. The van der Waals surface area contributed by atoms with Crippen LogP contribution in [0.3, 0.4) is 0 Å². The molecular weight excluding hydrogens is 263 g/mol. The molecule has 0 saturated carbocycles. The first kappa shape index (κ1) is 12.5. The fourth-order valence-corrected chi connectivity index (χ4v) is 2.65. The molecule has 3 rings (SSSR count). The van der Waals surface area contributed by atoms with Gasteiger partial charge in [0.25, 0.3) is 0 Å². The van der Waals surface area contributed by atoms with Gasteiger partial charge in [0.1, 0.15) is 5.75 Å². The maximum absolute atomic E-state index is 13.5. The van der Waals surface area contributed by atoms with Crippen LogP contribution in [0.1, 0.15) is 32.6 Å². The van der Waals surface area contributed by atoms with Gasteiger partial charge in [-0.15, -0.1) is 0 Å². The van der Waals surface area contributed by atoms with Crippen LogP contribution in [0.15, 0.2) is 18.2 Å². The molecule has 1 aliphatic carbocycles. The summed E-state index contributed by atoms with van der Waals surface area (Å²) in [5.41, 5.74) is 1.58. The minimum atomic E-state index is -1.23. The lowest BCUT2D eigenvalue weighted by atomic mass is 9.83. The molecule has 102 valence electrons. The number of carbonyl (C=O) groups is 1. The van der Waals surface area contributed by atoms with Crippen LogP contribution in [0, 0.1) is 12.7 Å². The van der Waals surface area contributed by atoms with Crippen molar-refractivity contribution in [3.05, 3.63) is 51.8 Å². The molecule has 0 unspecified atom stereocenters. The maximum atomic E-state index is 13.5. The summed E-state index contributed by atoms with van der Waals surface area (Å²) in [5.74, 6) is -3.64. The fourth-order valence-electron chi connectivity index (χ4n) is 2.65. The number of benzene rings is 2. The van der Waals surface area contributed by atoms with Crippen LogP contribution >= 0.6 is 0 Å². The number of aromatic hydroxyl groups is 3. The van der Waals surface area contributed by atoms with Crippen molar-refractivity contribution in [3.8, 4) is 17.2 Å². The van der Waals surface area contributed by atoms with Gasteiger partial charge < -0.3 is 15.3 Å². The molecule has 0 amide bonds. The quantitative estimate of drug-likeness (QED) is 0.588.